The Bertz CT molecular complexity index is 549. The van der Waals surface area contributed by atoms with Crippen LogP contribution in [0, 0.1) is 6.92 Å². The summed E-state index contributed by atoms with van der Waals surface area (Å²) in [6, 6.07) is 8.03. The van der Waals surface area contributed by atoms with Crippen molar-refractivity contribution >= 4 is 28.2 Å². The van der Waals surface area contributed by atoms with Crippen LogP contribution in [0.5, 0.6) is 5.75 Å². The fourth-order valence-electron chi connectivity index (χ4n) is 1.60. The second-order valence-electron chi connectivity index (χ2n) is 4.26. The number of methoxy groups -OCH3 is 1. The lowest BCUT2D eigenvalue weighted by atomic mass is 10.2. The molecule has 0 aliphatic carbocycles. The lowest BCUT2D eigenvalue weighted by molar-refractivity contribution is 0.211. The highest BCUT2D eigenvalue weighted by atomic mass is 32.2. The molecule has 21 heavy (non-hydrogen) atoms. The highest BCUT2D eigenvalue weighted by Crippen LogP contribution is 2.25. The zero-order valence-corrected chi connectivity index (χ0v) is 13.8. The summed E-state index contributed by atoms with van der Waals surface area (Å²) in [6.07, 6.45) is 0. The van der Waals surface area contributed by atoms with Crippen LogP contribution in [0.2, 0.25) is 0 Å². The molecule has 0 aliphatic heterocycles. The van der Waals surface area contributed by atoms with E-state index in [0.29, 0.717) is 13.2 Å². The Labute approximate surface area is 133 Å². The van der Waals surface area contributed by atoms with Crippen molar-refractivity contribution in [3.8, 4) is 5.75 Å². The molecule has 0 aliphatic rings. The van der Waals surface area contributed by atoms with Gasteiger partial charge in [-0.3, -0.25) is 0 Å². The van der Waals surface area contributed by atoms with Crippen molar-refractivity contribution in [2.75, 3.05) is 37.9 Å². The number of nitrogens with zero attached hydrogens (tertiary/aromatic N) is 2. The number of thioether (sulfide) groups is 1. The lowest BCUT2D eigenvalue weighted by Gasteiger charge is -2.07. The van der Waals surface area contributed by atoms with E-state index in [1.807, 2.05) is 31.2 Å². The van der Waals surface area contributed by atoms with Gasteiger partial charge in [-0.25, -0.2) is 0 Å². The summed E-state index contributed by atoms with van der Waals surface area (Å²) in [7, 11) is 1.68. The summed E-state index contributed by atoms with van der Waals surface area (Å²) in [4.78, 5) is 0. The van der Waals surface area contributed by atoms with Gasteiger partial charge in [-0.1, -0.05) is 41.3 Å². The summed E-state index contributed by atoms with van der Waals surface area (Å²) in [5.74, 6) is 1.79. The van der Waals surface area contributed by atoms with Crippen LogP contribution >= 0.6 is 23.1 Å². The molecule has 1 N–H and O–H groups in total. The molecule has 0 atom stereocenters. The number of para-hydroxylation sites is 1. The zero-order valence-electron chi connectivity index (χ0n) is 12.2. The average molecular weight is 325 g/mol. The van der Waals surface area contributed by atoms with E-state index in [0.717, 1.165) is 33.1 Å². The topological polar surface area (TPSA) is 56.3 Å². The van der Waals surface area contributed by atoms with Crippen molar-refractivity contribution in [1.82, 2.24) is 10.2 Å². The first-order valence-corrected chi connectivity index (χ1v) is 8.47. The molecule has 5 nitrogen and oxygen atoms in total. The van der Waals surface area contributed by atoms with Crippen LogP contribution < -0.4 is 10.1 Å². The number of aryl methyl sites for hydroxylation is 1. The van der Waals surface area contributed by atoms with Crippen LogP contribution in [0.3, 0.4) is 0 Å². The molecule has 1 aromatic heterocycles. The van der Waals surface area contributed by atoms with Crippen LogP contribution in [-0.2, 0) is 4.74 Å². The van der Waals surface area contributed by atoms with Crippen molar-refractivity contribution in [3.05, 3.63) is 29.8 Å². The number of ether oxygens (including phenoxy) is 2. The third kappa shape index (κ3) is 5.53. The van der Waals surface area contributed by atoms with Crippen LogP contribution in [0.15, 0.2) is 28.6 Å². The zero-order chi connectivity index (χ0) is 14.9. The SMILES string of the molecule is COCCNc1nnc(SCCOc2ccccc2C)s1. The molecule has 2 rings (SSSR count). The predicted molar refractivity (Wildman–Crippen MR) is 87.7 cm³/mol. The first kappa shape index (κ1) is 16.1. The van der Waals surface area contributed by atoms with E-state index in [1.165, 1.54) is 0 Å². The Morgan fingerprint density at radius 2 is 2.10 bits per heavy atom. The van der Waals surface area contributed by atoms with Crippen LogP contribution in [0.1, 0.15) is 5.56 Å². The molecule has 0 unspecified atom stereocenters. The Kier molecular flexibility index (Phi) is 6.78. The van der Waals surface area contributed by atoms with Gasteiger partial charge < -0.3 is 14.8 Å². The number of rotatable bonds is 9. The molecule has 7 heteroatoms. The monoisotopic (exact) mass is 325 g/mol. The van der Waals surface area contributed by atoms with E-state index in [2.05, 4.69) is 15.5 Å². The number of hydrogen-bond acceptors (Lipinski definition) is 7. The highest BCUT2D eigenvalue weighted by Gasteiger charge is 2.04. The van der Waals surface area contributed by atoms with Crippen LogP contribution in [0.25, 0.3) is 0 Å². The molecular formula is C14H19N3O2S2. The van der Waals surface area contributed by atoms with Gasteiger partial charge in [0.2, 0.25) is 5.13 Å². The van der Waals surface area contributed by atoms with Gasteiger partial charge in [0.15, 0.2) is 4.34 Å². The van der Waals surface area contributed by atoms with Gasteiger partial charge in [0.25, 0.3) is 0 Å². The molecule has 0 bridgehead atoms. The van der Waals surface area contributed by atoms with Gasteiger partial charge in [-0.15, -0.1) is 10.2 Å². The summed E-state index contributed by atoms with van der Waals surface area (Å²) in [5.41, 5.74) is 1.16. The van der Waals surface area contributed by atoms with E-state index in [-0.39, 0.29) is 0 Å². The van der Waals surface area contributed by atoms with Gasteiger partial charge in [-0.05, 0) is 18.6 Å². The highest BCUT2D eigenvalue weighted by molar-refractivity contribution is 8.01. The molecule has 0 spiro atoms. The number of aromatic nitrogens is 2. The van der Waals surface area contributed by atoms with Crippen molar-refractivity contribution < 1.29 is 9.47 Å². The molecule has 0 amide bonds. The maximum Gasteiger partial charge on any atom is 0.206 e. The van der Waals surface area contributed by atoms with Gasteiger partial charge in [0.1, 0.15) is 5.75 Å². The fraction of sp³-hybridized carbons (Fsp3) is 0.429. The Hall–Kier alpha value is -1.31. The largest absolute Gasteiger partial charge is 0.492 e. The van der Waals surface area contributed by atoms with E-state index in [1.54, 1.807) is 30.2 Å². The van der Waals surface area contributed by atoms with E-state index in [9.17, 15) is 0 Å². The van der Waals surface area contributed by atoms with Crippen molar-refractivity contribution in [2.45, 2.75) is 11.3 Å². The normalized spacial score (nSPS) is 10.6. The first-order valence-electron chi connectivity index (χ1n) is 6.67. The molecule has 1 heterocycles. The third-order valence-electron chi connectivity index (χ3n) is 2.65. The van der Waals surface area contributed by atoms with Crippen LogP contribution in [0.4, 0.5) is 5.13 Å². The average Bonchev–Trinajstić information content (AvgIpc) is 2.93. The minimum Gasteiger partial charge on any atom is -0.492 e. The summed E-state index contributed by atoms with van der Waals surface area (Å²) < 4.78 is 11.7. The molecule has 0 saturated heterocycles. The minimum atomic E-state index is 0.654. The molecule has 114 valence electrons. The number of nitrogens with one attached hydrogen (secondary N) is 1. The maximum absolute atomic E-state index is 5.75. The van der Waals surface area contributed by atoms with E-state index < -0.39 is 0 Å². The molecular weight excluding hydrogens is 306 g/mol. The lowest BCUT2D eigenvalue weighted by Crippen LogP contribution is -2.06. The second kappa shape index (κ2) is 8.86. The van der Waals surface area contributed by atoms with Gasteiger partial charge >= 0.3 is 0 Å². The third-order valence-corrected chi connectivity index (χ3v) is 4.63. The second-order valence-corrected chi connectivity index (χ2v) is 6.57. The predicted octanol–water partition coefficient (Wildman–Crippen LogP) is 3.08. The standard InChI is InChI=1S/C14H19N3O2S2/c1-11-5-3-4-6-12(11)19-9-10-20-14-17-16-13(21-14)15-7-8-18-2/h3-6H,7-10H2,1-2H3,(H,15,16). The fourth-order valence-corrected chi connectivity index (χ4v) is 3.26. The summed E-state index contributed by atoms with van der Waals surface area (Å²) >= 11 is 3.21. The Balaban J connectivity index is 1.68. The maximum atomic E-state index is 5.75. The smallest absolute Gasteiger partial charge is 0.206 e. The molecule has 0 saturated carbocycles. The van der Waals surface area contributed by atoms with Crippen molar-refractivity contribution in [1.29, 1.82) is 0 Å². The van der Waals surface area contributed by atoms with Crippen molar-refractivity contribution in [3.63, 3.8) is 0 Å². The van der Waals surface area contributed by atoms with Gasteiger partial charge in [-0.2, -0.15) is 0 Å². The molecule has 2 aromatic rings. The van der Waals surface area contributed by atoms with Crippen molar-refractivity contribution in [2.24, 2.45) is 0 Å². The van der Waals surface area contributed by atoms with E-state index >= 15 is 0 Å². The molecule has 1 aromatic carbocycles. The minimum absolute atomic E-state index is 0.654. The molecule has 0 fully saturated rings. The Morgan fingerprint density at radius 1 is 1.24 bits per heavy atom. The first-order chi connectivity index (χ1) is 10.3. The van der Waals surface area contributed by atoms with Gasteiger partial charge in [0.05, 0.1) is 13.2 Å². The quantitative estimate of drug-likeness (QED) is 0.565. The summed E-state index contributed by atoms with van der Waals surface area (Å²) in [6.45, 7) is 4.10. The van der Waals surface area contributed by atoms with E-state index in [4.69, 9.17) is 9.47 Å². The number of hydrogen-bond donors (Lipinski definition) is 1. The molecule has 0 radical (unpaired) electrons. The van der Waals surface area contributed by atoms with Gasteiger partial charge in [0, 0.05) is 19.4 Å². The summed E-state index contributed by atoms with van der Waals surface area (Å²) in [5, 5.41) is 12.2. The Morgan fingerprint density at radius 3 is 2.90 bits per heavy atom. The van der Waals surface area contributed by atoms with Crippen LogP contribution in [-0.4, -0.2) is 42.8 Å². The number of benzene rings is 1. The number of anilines is 1.